The van der Waals surface area contributed by atoms with Crippen LogP contribution < -0.4 is 5.56 Å². The largest absolute Gasteiger partial charge is 0.316 e. The summed E-state index contributed by atoms with van der Waals surface area (Å²) in [4.78, 5) is 12.1. The zero-order valence-corrected chi connectivity index (χ0v) is 18.5. The van der Waals surface area contributed by atoms with Gasteiger partial charge in [0.05, 0.1) is 0 Å². The number of pyridine rings is 1. The van der Waals surface area contributed by atoms with Crippen molar-refractivity contribution >= 4 is 39.3 Å². The molecule has 1 aromatic rings. The SMILES string of the molecule is CC(C)CCn1ccc(CSCCC[SH](C)(C)(C)I)cc1=O. The van der Waals surface area contributed by atoms with Gasteiger partial charge in [0.1, 0.15) is 0 Å². The zero-order chi connectivity index (χ0) is 16.8. The fourth-order valence-corrected chi connectivity index (χ4v) is 5.48. The molecular weight excluding hydrogens is 425 g/mol. The summed E-state index contributed by atoms with van der Waals surface area (Å²) in [6, 6.07) is 3.91. The van der Waals surface area contributed by atoms with Crippen LogP contribution in [-0.4, -0.2) is 34.8 Å². The molecule has 0 amide bonds. The van der Waals surface area contributed by atoms with E-state index in [0.717, 1.165) is 24.3 Å². The average molecular weight is 457 g/mol. The highest BCUT2D eigenvalue weighted by atomic mass is 127. The predicted molar refractivity (Wildman–Crippen MR) is 117 cm³/mol. The van der Waals surface area contributed by atoms with Crippen LogP contribution in [-0.2, 0) is 12.3 Å². The zero-order valence-electron chi connectivity index (χ0n) is 14.6. The molecule has 0 saturated carbocycles. The Kier molecular flexibility index (Phi) is 7.86. The molecule has 0 aliphatic rings. The molecule has 0 unspecified atom stereocenters. The van der Waals surface area contributed by atoms with Gasteiger partial charge in [-0.3, -0.25) is 4.79 Å². The van der Waals surface area contributed by atoms with Crippen molar-refractivity contribution in [2.24, 2.45) is 5.92 Å². The first-order valence-electron chi connectivity index (χ1n) is 8.02. The number of thiol groups is 1. The van der Waals surface area contributed by atoms with Crippen molar-refractivity contribution in [2.45, 2.75) is 39.0 Å². The summed E-state index contributed by atoms with van der Waals surface area (Å²) >= 11 is 4.62. The minimum absolute atomic E-state index is 0.145. The van der Waals surface area contributed by atoms with E-state index in [1.54, 1.807) is 0 Å². The Bertz CT molecular complexity index is 522. The quantitative estimate of drug-likeness (QED) is 0.326. The number of aromatic nitrogens is 1. The molecule has 0 fully saturated rings. The smallest absolute Gasteiger partial charge is 0.250 e. The van der Waals surface area contributed by atoms with Crippen LogP contribution in [0.5, 0.6) is 0 Å². The number of rotatable bonds is 9. The number of nitrogens with zero attached hydrogens (tertiary/aromatic N) is 1. The van der Waals surface area contributed by atoms with E-state index in [1.807, 2.05) is 28.6 Å². The topological polar surface area (TPSA) is 22.0 Å². The monoisotopic (exact) mass is 457 g/mol. The highest BCUT2D eigenvalue weighted by molar-refractivity contribution is 14.2. The molecule has 5 heteroatoms. The fraction of sp³-hybridized carbons (Fsp3) is 0.706. The summed E-state index contributed by atoms with van der Waals surface area (Å²) in [7, 11) is 0. The molecule has 22 heavy (non-hydrogen) atoms. The van der Waals surface area contributed by atoms with E-state index in [4.69, 9.17) is 0 Å². The molecule has 0 radical (unpaired) electrons. The van der Waals surface area contributed by atoms with E-state index in [1.165, 1.54) is 17.9 Å². The van der Waals surface area contributed by atoms with Crippen molar-refractivity contribution in [3.63, 3.8) is 0 Å². The van der Waals surface area contributed by atoms with Crippen LogP contribution in [0.4, 0.5) is 0 Å². The van der Waals surface area contributed by atoms with Gasteiger partial charge in [-0.1, -0.05) is 13.8 Å². The molecule has 2 nitrogen and oxygen atoms in total. The van der Waals surface area contributed by atoms with Crippen LogP contribution in [0.25, 0.3) is 0 Å². The van der Waals surface area contributed by atoms with Gasteiger partial charge >= 0.3 is 0 Å². The van der Waals surface area contributed by atoms with Crippen LogP contribution in [0, 0.1) is 5.92 Å². The first-order valence-corrected chi connectivity index (χ1v) is 15.7. The Balaban J connectivity index is 2.38. The van der Waals surface area contributed by atoms with Crippen molar-refractivity contribution in [3.05, 3.63) is 34.2 Å². The molecule has 0 aliphatic heterocycles. The third kappa shape index (κ3) is 9.50. The molecule has 0 spiro atoms. The lowest BCUT2D eigenvalue weighted by atomic mass is 10.1. The minimum atomic E-state index is -1.38. The third-order valence-electron chi connectivity index (χ3n) is 3.48. The molecule has 1 aromatic heterocycles. The number of hydrogen-bond donors (Lipinski definition) is 1. The van der Waals surface area contributed by atoms with Gasteiger partial charge in [-0.2, -0.15) is 11.8 Å². The lowest BCUT2D eigenvalue weighted by Gasteiger charge is -2.44. The van der Waals surface area contributed by atoms with Gasteiger partial charge in [-0.25, -0.2) is 6.33 Å². The van der Waals surface area contributed by atoms with Gasteiger partial charge in [-0.15, -0.1) is 0 Å². The van der Waals surface area contributed by atoms with Crippen molar-refractivity contribution in [1.82, 2.24) is 4.57 Å². The number of aryl methyl sites for hydroxylation is 1. The van der Waals surface area contributed by atoms with Crippen LogP contribution in [0.2, 0.25) is 0 Å². The average Bonchev–Trinajstić information content (AvgIpc) is 2.35. The van der Waals surface area contributed by atoms with E-state index in [2.05, 4.69) is 59.9 Å². The summed E-state index contributed by atoms with van der Waals surface area (Å²) in [5.41, 5.74) is 1.30. The maximum atomic E-state index is 12.1. The van der Waals surface area contributed by atoms with Crippen LogP contribution >= 0.6 is 39.3 Å². The number of hydrogen-bond acceptors (Lipinski definition) is 2. The summed E-state index contributed by atoms with van der Waals surface area (Å²) in [6.45, 7) is 5.21. The Morgan fingerprint density at radius 3 is 2.55 bits per heavy atom. The second kappa shape index (κ2) is 8.47. The van der Waals surface area contributed by atoms with Crippen molar-refractivity contribution in [2.75, 3.05) is 30.3 Å². The van der Waals surface area contributed by atoms with E-state index in [9.17, 15) is 4.79 Å². The summed E-state index contributed by atoms with van der Waals surface area (Å²) < 4.78 is 1.83. The van der Waals surface area contributed by atoms with Gasteiger partial charge in [0.2, 0.25) is 0 Å². The normalized spacial score (nSPS) is 14.0. The lowest BCUT2D eigenvalue weighted by molar-refractivity contribution is 0.507. The predicted octanol–water partition coefficient (Wildman–Crippen LogP) is 4.83. The molecule has 0 aliphatic carbocycles. The molecule has 130 valence electrons. The molecular formula is C17H32INOS2. The van der Waals surface area contributed by atoms with Crippen molar-refractivity contribution < 1.29 is 0 Å². The molecule has 0 bridgehead atoms. The molecule has 0 saturated heterocycles. The Morgan fingerprint density at radius 2 is 2.00 bits per heavy atom. The fourth-order valence-electron chi connectivity index (χ4n) is 2.11. The number of halogens is 1. The van der Waals surface area contributed by atoms with Crippen molar-refractivity contribution in [1.29, 1.82) is 0 Å². The van der Waals surface area contributed by atoms with Crippen molar-refractivity contribution in [3.8, 4) is 0 Å². The van der Waals surface area contributed by atoms with E-state index in [-0.39, 0.29) is 5.56 Å². The molecule has 0 aromatic carbocycles. The van der Waals surface area contributed by atoms with E-state index >= 15 is 0 Å². The molecule has 0 N–H and O–H groups in total. The van der Waals surface area contributed by atoms with Gasteiger partial charge in [0.15, 0.2) is 0 Å². The Labute approximate surface area is 152 Å². The first kappa shape index (κ1) is 20.4. The van der Waals surface area contributed by atoms with Gasteiger partial charge in [0.25, 0.3) is 5.56 Å². The van der Waals surface area contributed by atoms with Crippen LogP contribution in [0.3, 0.4) is 0 Å². The Morgan fingerprint density at radius 1 is 1.32 bits per heavy atom. The van der Waals surface area contributed by atoms with Crippen LogP contribution in [0.15, 0.2) is 23.1 Å². The van der Waals surface area contributed by atoms with E-state index in [0.29, 0.717) is 5.92 Å². The maximum Gasteiger partial charge on any atom is 0.250 e. The highest BCUT2D eigenvalue weighted by Gasteiger charge is 2.19. The molecule has 1 rings (SSSR count). The lowest BCUT2D eigenvalue weighted by Crippen LogP contribution is -2.19. The Hall–Kier alpha value is 0.380. The first-order chi connectivity index (χ1) is 10.0. The van der Waals surface area contributed by atoms with Gasteiger partial charge in [-0.05, 0) is 81.9 Å². The highest BCUT2D eigenvalue weighted by Crippen LogP contribution is 2.67. The second-order valence-electron chi connectivity index (χ2n) is 7.80. The summed E-state index contributed by atoms with van der Waals surface area (Å²) in [6.07, 6.45) is 10.2. The summed E-state index contributed by atoms with van der Waals surface area (Å²) in [5.74, 6) is 4.12. The van der Waals surface area contributed by atoms with Gasteiger partial charge in [0, 0.05) is 24.6 Å². The summed E-state index contributed by atoms with van der Waals surface area (Å²) in [5, 5.41) is 0. The second-order valence-corrected chi connectivity index (χ2v) is 25.9. The third-order valence-corrected chi connectivity index (χ3v) is 7.87. The molecule has 1 heterocycles. The molecule has 0 atom stereocenters. The minimum Gasteiger partial charge on any atom is -0.316 e. The van der Waals surface area contributed by atoms with E-state index < -0.39 is 6.33 Å². The van der Waals surface area contributed by atoms with Crippen LogP contribution in [0.1, 0.15) is 32.3 Å². The number of thioether (sulfide) groups is 1. The standard InChI is InChI=1S/C17H32INOS2/c1-15(2)7-9-19-10-8-16(13-17(19)20)14-21-11-6-12-22(3,4,5)18/h8,10,13,15,22H,6-7,9,11-12,14H2,1-5H3. The maximum absolute atomic E-state index is 12.1. The van der Waals surface area contributed by atoms with Gasteiger partial charge < -0.3 is 4.57 Å².